The molecule has 0 unspecified atom stereocenters. The smallest absolute Gasteiger partial charge is 0.135 e. The minimum atomic E-state index is 0.238. The van der Waals surface area contributed by atoms with Crippen LogP contribution in [0.2, 0.25) is 0 Å². The lowest BCUT2D eigenvalue weighted by Gasteiger charge is -2.18. The van der Waals surface area contributed by atoms with Crippen LogP contribution in [-0.4, -0.2) is 10.8 Å². The SMILES string of the molecule is CC(=O)Cc1sc(C2CCCCC2)nc1C. The van der Waals surface area contributed by atoms with Crippen molar-refractivity contribution in [1.82, 2.24) is 4.98 Å². The Morgan fingerprint density at radius 3 is 2.69 bits per heavy atom. The average molecular weight is 237 g/mol. The van der Waals surface area contributed by atoms with Gasteiger partial charge in [-0.1, -0.05) is 19.3 Å². The number of hydrogen-bond donors (Lipinski definition) is 0. The van der Waals surface area contributed by atoms with Crippen LogP contribution in [0.5, 0.6) is 0 Å². The van der Waals surface area contributed by atoms with Gasteiger partial charge in [0.05, 0.1) is 10.7 Å². The molecule has 88 valence electrons. The minimum Gasteiger partial charge on any atom is -0.300 e. The summed E-state index contributed by atoms with van der Waals surface area (Å²) in [5.41, 5.74) is 1.07. The highest BCUT2D eigenvalue weighted by Crippen LogP contribution is 2.35. The van der Waals surface area contributed by atoms with E-state index < -0.39 is 0 Å². The second-order valence-corrected chi connectivity index (χ2v) is 5.89. The lowest BCUT2D eigenvalue weighted by molar-refractivity contribution is -0.116. The second-order valence-electron chi connectivity index (χ2n) is 4.77. The lowest BCUT2D eigenvalue weighted by atomic mass is 9.90. The largest absolute Gasteiger partial charge is 0.300 e. The number of carbonyl (C=O) groups is 1. The summed E-state index contributed by atoms with van der Waals surface area (Å²) in [6.07, 6.45) is 7.19. The standard InChI is InChI=1S/C13H19NOS/c1-9(15)8-12-10(2)14-13(16-12)11-6-4-3-5-7-11/h11H,3-8H2,1-2H3. The number of aromatic nitrogens is 1. The molecule has 0 N–H and O–H groups in total. The zero-order valence-electron chi connectivity index (χ0n) is 10.1. The van der Waals surface area contributed by atoms with E-state index in [1.807, 2.05) is 6.92 Å². The number of aryl methyl sites for hydroxylation is 1. The number of hydrogen-bond acceptors (Lipinski definition) is 3. The highest BCUT2D eigenvalue weighted by atomic mass is 32.1. The Kier molecular flexibility index (Phi) is 3.74. The van der Waals surface area contributed by atoms with Gasteiger partial charge in [-0.2, -0.15) is 0 Å². The topological polar surface area (TPSA) is 30.0 Å². The van der Waals surface area contributed by atoms with Crippen molar-refractivity contribution in [1.29, 1.82) is 0 Å². The molecule has 0 bridgehead atoms. The Labute approximate surface area is 101 Å². The van der Waals surface area contributed by atoms with E-state index in [9.17, 15) is 4.79 Å². The maximum absolute atomic E-state index is 11.1. The molecule has 1 heterocycles. The zero-order chi connectivity index (χ0) is 11.5. The molecule has 0 saturated heterocycles. The van der Waals surface area contributed by atoms with E-state index in [-0.39, 0.29) is 5.78 Å². The summed E-state index contributed by atoms with van der Waals surface area (Å²) in [5.74, 6) is 0.903. The van der Waals surface area contributed by atoms with E-state index >= 15 is 0 Å². The third kappa shape index (κ3) is 2.70. The average Bonchev–Trinajstić information content (AvgIpc) is 2.61. The number of thiazole rings is 1. The molecule has 0 atom stereocenters. The van der Waals surface area contributed by atoms with Crippen LogP contribution in [0.3, 0.4) is 0 Å². The predicted octanol–water partition coefficient (Wildman–Crippen LogP) is 3.63. The van der Waals surface area contributed by atoms with Crippen LogP contribution in [0.15, 0.2) is 0 Å². The van der Waals surface area contributed by atoms with Gasteiger partial charge in [-0.05, 0) is 26.7 Å². The van der Waals surface area contributed by atoms with E-state index in [0.29, 0.717) is 12.3 Å². The Morgan fingerprint density at radius 1 is 1.38 bits per heavy atom. The van der Waals surface area contributed by atoms with Crippen LogP contribution in [0.1, 0.15) is 60.5 Å². The molecule has 2 nitrogen and oxygen atoms in total. The van der Waals surface area contributed by atoms with Crippen molar-refractivity contribution in [2.24, 2.45) is 0 Å². The van der Waals surface area contributed by atoms with Crippen molar-refractivity contribution >= 4 is 17.1 Å². The fourth-order valence-corrected chi connectivity index (χ4v) is 3.67. The van der Waals surface area contributed by atoms with Gasteiger partial charge >= 0.3 is 0 Å². The molecular formula is C13H19NOS. The van der Waals surface area contributed by atoms with Crippen molar-refractivity contribution in [2.75, 3.05) is 0 Å². The van der Waals surface area contributed by atoms with Crippen LogP contribution >= 0.6 is 11.3 Å². The van der Waals surface area contributed by atoms with Gasteiger partial charge in [0.2, 0.25) is 0 Å². The Morgan fingerprint density at radius 2 is 2.06 bits per heavy atom. The van der Waals surface area contributed by atoms with Gasteiger partial charge < -0.3 is 0 Å². The molecule has 0 amide bonds. The van der Waals surface area contributed by atoms with Crippen molar-refractivity contribution in [2.45, 2.75) is 58.3 Å². The van der Waals surface area contributed by atoms with Crippen LogP contribution in [-0.2, 0) is 11.2 Å². The second kappa shape index (κ2) is 5.09. The van der Waals surface area contributed by atoms with Crippen LogP contribution in [0.25, 0.3) is 0 Å². The predicted molar refractivity (Wildman–Crippen MR) is 67.1 cm³/mol. The van der Waals surface area contributed by atoms with Gasteiger partial charge in [-0.25, -0.2) is 4.98 Å². The van der Waals surface area contributed by atoms with Gasteiger partial charge in [0.15, 0.2) is 0 Å². The van der Waals surface area contributed by atoms with E-state index in [2.05, 4.69) is 4.98 Å². The number of carbonyl (C=O) groups excluding carboxylic acids is 1. The van der Waals surface area contributed by atoms with Crippen LogP contribution in [0.4, 0.5) is 0 Å². The Hall–Kier alpha value is -0.700. The third-order valence-corrected chi connectivity index (χ3v) is 4.59. The number of nitrogens with zero attached hydrogens (tertiary/aromatic N) is 1. The highest BCUT2D eigenvalue weighted by Gasteiger charge is 2.20. The van der Waals surface area contributed by atoms with Gasteiger partial charge in [-0.15, -0.1) is 11.3 Å². The first-order valence-electron chi connectivity index (χ1n) is 6.12. The highest BCUT2D eigenvalue weighted by molar-refractivity contribution is 7.12. The Balaban J connectivity index is 2.12. The summed E-state index contributed by atoms with van der Waals surface area (Å²) in [6, 6.07) is 0. The van der Waals surface area contributed by atoms with Crippen molar-refractivity contribution in [3.63, 3.8) is 0 Å². The summed E-state index contributed by atoms with van der Waals surface area (Å²) < 4.78 is 0. The minimum absolute atomic E-state index is 0.238. The monoisotopic (exact) mass is 237 g/mol. The number of rotatable bonds is 3. The summed E-state index contributed by atoms with van der Waals surface area (Å²) in [4.78, 5) is 17.0. The van der Waals surface area contributed by atoms with Gasteiger partial charge in [0.1, 0.15) is 5.78 Å². The molecule has 1 aromatic heterocycles. The van der Waals surface area contributed by atoms with E-state index in [1.54, 1.807) is 18.3 Å². The third-order valence-electron chi connectivity index (χ3n) is 3.27. The van der Waals surface area contributed by atoms with E-state index in [1.165, 1.54) is 42.0 Å². The molecule has 0 aliphatic heterocycles. The van der Waals surface area contributed by atoms with Gasteiger partial charge in [0, 0.05) is 17.2 Å². The molecule has 1 fully saturated rings. The van der Waals surface area contributed by atoms with Crippen molar-refractivity contribution < 1.29 is 4.79 Å². The number of ketones is 1. The maximum Gasteiger partial charge on any atom is 0.135 e. The first kappa shape index (κ1) is 11.8. The lowest BCUT2D eigenvalue weighted by Crippen LogP contribution is -2.03. The fourth-order valence-electron chi connectivity index (χ4n) is 2.36. The van der Waals surface area contributed by atoms with Crippen LogP contribution in [0, 0.1) is 6.92 Å². The zero-order valence-corrected chi connectivity index (χ0v) is 10.9. The molecule has 1 aromatic rings. The molecule has 1 saturated carbocycles. The molecular weight excluding hydrogens is 218 g/mol. The maximum atomic E-state index is 11.1. The summed E-state index contributed by atoms with van der Waals surface area (Å²) in [6.45, 7) is 3.68. The molecule has 2 rings (SSSR count). The summed E-state index contributed by atoms with van der Waals surface area (Å²) in [7, 11) is 0. The van der Waals surface area contributed by atoms with Gasteiger partial charge in [0.25, 0.3) is 0 Å². The molecule has 16 heavy (non-hydrogen) atoms. The van der Waals surface area contributed by atoms with E-state index in [4.69, 9.17) is 0 Å². The fraction of sp³-hybridized carbons (Fsp3) is 0.692. The quantitative estimate of drug-likeness (QED) is 0.803. The molecule has 0 radical (unpaired) electrons. The molecule has 1 aliphatic carbocycles. The number of Topliss-reactive ketones (excluding diaryl/α,β-unsaturated/α-hetero) is 1. The van der Waals surface area contributed by atoms with Gasteiger partial charge in [-0.3, -0.25) is 4.79 Å². The van der Waals surface area contributed by atoms with Crippen molar-refractivity contribution in [3.05, 3.63) is 15.6 Å². The molecule has 0 spiro atoms. The van der Waals surface area contributed by atoms with E-state index in [0.717, 1.165) is 5.69 Å². The first-order chi connectivity index (χ1) is 7.66. The summed E-state index contributed by atoms with van der Waals surface area (Å²) in [5, 5.41) is 1.27. The van der Waals surface area contributed by atoms with Crippen molar-refractivity contribution in [3.8, 4) is 0 Å². The normalized spacial score (nSPS) is 17.6. The van der Waals surface area contributed by atoms with Crippen LogP contribution < -0.4 is 0 Å². The molecule has 1 aliphatic rings. The Bertz CT molecular complexity index is 377. The summed E-state index contributed by atoms with van der Waals surface area (Å²) >= 11 is 1.76. The first-order valence-corrected chi connectivity index (χ1v) is 6.94. The molecule has 3 heteroatoms. The molecule has 0 aromatic carbocycles.